The van der Waals surface area contributed by atoms with E-state index in [-0.39, 0.29) is 0 Å². The Hall–Kier alpha value is -0.450. The maximum absolute atomic E-state index is 4.73. The molecule has 0 bridgehead atoms. The molecule has 1 aromatic rings. The third-order valence-electron chi connectivity index (χ3n) is 3.10. The van der Waals surface area contributed by atoms with Crippen molar-refractivity contribution in [1.29, 1.82) is 0 Å². The zero-order valence-corrected chi connectivity index (χ0v) is 11.9. The van der Waals surface area contributed by atoms with E-state index < -0.39 is 0 Å². The average molecular weight is 253 g/mol. The highest BCUT2D eigenvalue weighted by Gasteiger charge is 2.18. The number of aromatic nitrogens is 1. The first-order valence-electron chi connectivity index (χ1n) is 6.48. The molecule has 1 aliphatic heterocycles. The first-order valence-corrected chi connectivity index (χ1v) is 7.36. The first-order chi connectivity index (χ1) is 8.13. The minimum Gasteiger partial charge on any atom is -0.311 e. The Morgan fingerprint density at radius 3 is 3.12 bits per heavy atom. The summed E-state index contributed by atoms with van der Waals surface area (Å²) in [7, 11) is 2.19. The smallest absolute Gasteiger partial charge is 0.0944 e. The molecule has 0 aliphatic carbocycles. The van der Waals surface area contributed by atoms with Gasteiger partial charge in [-0.15, -0.1) is 11.3 Å². The van der Waals surface area contributed by atoms with Crippen molar-refractivity contribution in [3.05, 3.63) is 16.1 Å². The SMILES string of the molecule is CC(C)Cc1csc(CC2CN(C)CCN2)n1. The van der Waals surface area contributed by atoms with Gasteiger partial charge in [-0.05, 0) is 19.4 Å². The quantitative estimate of drug-likeness (QED) is 0.887. The molecule has 4 heteroatoms. The van der Waals surface area contributed by atoms with Gasteiger partial charge in [0.05, 0.1) is 10.7 Å². The summed E-state index contributed by atoms with van der Waals surface area (Å²) in [6, 6.07) is 0.576. The van der Waals surface area contributed by atoms with Gasteiger partial charge in [0.25, 0.3) is 0 Å². The number of rotatable bonds is 4. The maximum Gasteiger partial charge on any atom is 0.0944 e. The van der Waals surface area contributed by atoms with Crippen LogP contribution in [0.3, 0.4) is 0 Å². The summed E-state index contributed by atoms with van der Waals surface area (Å²) >= 11 is 1.82. The molecule has 0 radical (unpaired) electrons. The van der Waals surface area contributed by atoms with E-state index in [0.29, 0.717) is 12.0 Å². The average Bonchev–Trinajstić information content (AvgIpc) is 2.64. The van der Waals surface area contributed by atoms with Crippen LogP contribution in [0.5, 0.6) is 0 Å². The molecule has 96 valence electrons. The summed E-state index contributed by atoms with van der Waals surface area (Å²) in [5.41, 5.74) is 1.27. The summed E-state index contributed by atoms with van der Waals surface area (Å²) in [6.07, 6.45) is 2.18. The van der Waals surface area contributed by atoms with Crippen LogP contribution >= 0.6 is 11.3 Å². The summed E-state index contributed by atoms with van der Waals surface area (Å²) < 4.78 is 0. The van der Waals surface area contributed by atoms with Gasteiger partial charge in [0.2, 0.25) is 0 Å². The molecule has 17 heavy (non-hydrogen) atoms. The molecule has 1 fully saturated rings. The number of thiazole rings is 1. The highest BCUT2D eigenvalue weighted by Crippen LogP contribution is 2.15. The van der Waals surface area contributed by atoms with Gasteiger partial charge in [-0.1, -0.05) is 13.8 Å². The Bertz CT molecular complexity index is 348. The largest absolute Gasteiger partial charge is 0.311 e. The van der Waals surface area contributed by atoms with E-state index in [1.807, 2.05) is 11.3 Å². The van der Waals surface area contributed by atoms with Crippen molar-refractivity contribution >= 4 is 11.3 Å². The van der Waals surface area contributed by atoms with Crippen molar-refractivity contribution in [2.75, 3.05) is 26.7 Å². The lowest BCUT2D eigenvalue weighted by Gasteiger charge is -2.30. The number of piperazine rings is 1. The standard InChI is InChI=1S/C13H23N3S/c1-10(2)6-12-9-17-13(15-12)7-11-8-16(3)5-4-14-11/h9-11,14H,4-8H2,1-3H3. The van der Waals surface area contributed by atoms with Gasteiger partial charge in [-0.25, -0.2) is 4.98 Å². The van der Waals surface area contributed by atoms with Gasteiger partial charge in [-0.3, -0.25) is 0 Å². The topological polar surface area (TPSA) is 28.2 Å². The van der Waals surface area contributed by atoms with Crippen LogP contribution in [0.4, 0.5) is 0 Å². The second-order valence-corrected chi connectivity index (χ2v) is 6.39. The molecule has 1 atom stereocenters. The van der Waals surface area contributed by atoms with Crippen LogP contribution < -0.4 is 5.32 Å². The van der Waals surface area contributed by atoms with Crippen molar-refractivity contribution in [3.8, 4) is 0 Å². The van der Waals surface area contributed by atoms with E-state index in [1.54, 1.807) is 0 Å². The van der Waals surface area contributed by atoms with Gasteiger partial charge in [0.15, 0.2) is 0 Å². The molecular formula is C13H23N3S. The Labute approximate surface area is 108 Å². The van der Waals surface area contributed by atoms with Gasteiger partial charge < -0.3 is 10.2 Å². The van der Waals surface area contributed by atoms with E-state index in [1.165, 1.54) is 10.7 Å². The molecular weight excluding hydrogens is 230 g/mol. The second-order valence-electron chi connectivity index (χ2n) is 5.45. The monoisotopic (exact) mass is 253 g/mol. The highest BCUT2D eigenvalue weighted by molar-refractivity contribution is 7.09. The predicted octanol–water partition coefficient (Wildman–Crippen LogP) is 1.79. The lowest BCUT2D eigenvalue weighted by atomic mass is 10.1. The van der Waals surface area contributed by atoms with Crippen molar-refractivity contribution in [2.24, 2.45) is 5.92 Å². The minimum atomic E-state index is 0.576. The lowest BCUT2D eigenvalue weighted by Crippen LogP contribution is -2.49. The Morgan fingerprint density at radius 1 is 1.59 bits per heavy atom. The number of hydrogen-bond donors (Lipinski definition) is 1. The van der Waals surface area contributed by atoms with Crippen molar-refractivity contribution in [2.45, 2.75) is 32.7 Å². The van der Waals surface area contributed by atoms with E-state index in [2.05, 4.69) is 36.5 Å². The summed E-state index contributed by atoms with van der Waals surface area (Å²) in [5, 5.41) is 7.08. The van der Waals surface area contributed by atoms with E-state index in [0.717, 1.165) is 32.5 Å². The predicted molar refractivity (Wildman–Crippen MR) is 73.6 cm³/mol. The van der Waals surface area contributed by atoms with Gasteiger partial charge in [0.1, 0.15) is 0 Å². The zero-order chi connectivity index (χ0) is 12.3. The Morgan fingerprint density at radius 2 is 2.41 bits per heavy atom. The fourth-order valence-electron chi connectivity index (χ4n) is 2.29. The Balaban J connectivity index is 1.87. The van der Waals surface area contributed by atoms with Crippen LogP contribution in [0.1, 0.15) is 24.5 Å². The van der Waals surface area contributed by atoms with Crippen LogP contribution in [-0.2, 0) is 12.8 Å². The van der Waals surface area contributed by atoms with Crippen LogP contribution in [0.2, 0.25) is 0 Å². The van der Waals surface area contributed by atoms with Crippen molar-refractivity contribution in [3.63, 3.8) is 0 Å². The molecule has 1 unspecified atom stereocenters. The number of nitrogens with zero attached hydrogens (tertiary/aromatic N) is 2. The van der Waals surface area contributed by atoms with Crippen molar-refractivity contribution in [1.82, 2.24) is 15.2 Å². The third-order valence-corrected chi connectivity index (χ3v) is 4.02. The molecule has 3 nitrogen and oxygen atoms in total. The van der Waals surface area contributed by atoms with Crippen LogP contribution in [-0.4, -0.2) is 42.6 Å². The van der Waals surface area contributed by atoms with Crippen LogP contribution in [0, 0.1) is 5.92 Å². The molecule has 1 aliphatic rings. The van der Waals surface area contributed by atoms with Crippen LogP contribution in [0.25, 0.3) is 0 Å². The van der Waals surface area contributed by atoms with E-state index in [4.69, 9.17) is 4.98 Å². The number of nitrogens with one attached hydrogen (secondary N) is 1. The number of hydrogen-bond acceptors (Lipinski definition) is 4. The van der Waals surface area contributed by atoms with Crippen LogP contribution in [0.15, 0.2) is 5.38 Å². The highest BCUT2D eigenvalue weighted by atomic mass is 32.1. The molecule has 0 spiro atoms. The normalized spacial score (nSPS) is 22.2. The molecule has 2 rings (SSSR count). The van der Waals surface area contributed by atoms with E-state index in [9.17, 15) is 0 Å². The van der Waals surface area contributed by atoms with Gasteiger partial charge in [0, 0.05) is 37.5 Å². The molecule has 0 aromatic carbocycles. The van der Waals surface area contributed by atoms with E-state index >= 15 is 0 Å². The summed E-state index contributed by atoms with van der Waals surface area (Å²) in [5.74, 6) is 0.698. The van der Waals surface area contributed by atoms with Crippen molar-refractivity contribution < 1.29 is 0 Å². The molecule has 1 aromatic heterocycles. The fourth-order valence-corrected chi connectivity index (χ4v) is 3.18. The molecule has 0 saturated carbocycles. The maximum atomic E-state index is 4.73. The fraction of sp³-hybridized carbons (Fsp3) is 0.769. The molecule has 1 saturated heterocycles. The molecule has 1 N–H and O–H groups in total. The first kappa shape index (κ1) is 13.0. The van der Waals surface area contributed by atoms with Gasteiger partial charge in [-0.2, -0.15) is 0 Å². The summed E-state index contributed by atoms with van der Waals surface area (Å²) in [6.45, 7) is 7.89. The zero-order valence-electron chi connectivity index (χ0n) is 11.1. The molecule has 0 amide bonds. The number of likely N-dealkylation sites (N-methyl/N-ethyl adjacent to an activating group) is 1. The lowest BCUT2D eigenvalue weighted by molar-refractivity contribution is 0.238. The third kappa shape index (κ3) is 4.05. The second kappa shape index (κ2) is 5.94. The molecule has 2 heterocycles. The minimum absolute atomic E-state index is 0.576. The Kier molecular flexibility index (Phi) is 4.54. The van der Waals surface area contributed by atoms with Gasteiger partial charge >= 0.3 is 0 Å². The summed E-state index contributed by atoms with van der Waals surface area (Å²) in [4.78, 5) is 7.12.